The molecule has 1 saturated carbocycles. The van der Waals surface area contributed by atoms with E-state index >= 15 is 0 Å². The number of carbonyl (C=O) groups is 4. The van der Waals surface area contributed by atoms with Gasteiger partial charge in [-0.15, -0.1) is 0 Å². The Morgan fingerprint density at radius 1 is 1.17 bits per heavy atom. The molecule has 2 N–H and O–H groups in total. The van der Waals surface area contributed by atoms with E-state index in [-0.39, 0.29) is 42.4 Å². The van der Waals surface area contributed by atoms with E-state index in [0.29, 0.717) is 11.3 Å². The lowest BCUT2D eigenvalue weighted by Gasteiger charge is -2.41. The molecule has 1 aromatic carbocycles. The number of anilines is 1. The molecule has 3 amide bonds. The van der Waals surface area contributed by atoms with Crippen LogP contribution < -0.4 is 10.6 Å². The van der Waals surface area contributed by atoms with Crippen molar-refractivity contribution in [2.45, 2.75) is 64.1 Å². The molecule has 0 radical (unpaired) electrons. The Kier molecular flexibility index (Phi) is 6.90. The van der Waals surface area contributed by atoms with Gasteiger partial charge < -0.3 is 20.3 Å². The average Bonchev–Trinajstić information content (AvgIpc) is 3.27. The van der Waals surface area contributed by atoms with Crippen molar-refractivity contribution in [3.05, 3.63) is 47.3 Å². The first-order valence-electron chi connectivity index (χ1n) is 12.0. The molecule has 10 heteroatoms. The number of nitrogens with zero attached hydrogens (tertiary/aromatic N) is 3. The molecule has 1 fully saturated rings. The van der Waals surface area contributed by atoms with Crippen LogP contribution in [-0.2, 0) is 16.1 Å². The highest BCUT2D eigenvalue weighted by Crippen LogP contribution is 2.27. The monoisotopic (exact) mass is 481 g/mol. The van der Waals surface area contributed by atoms with Gasteiger partial charge in [-0.2, -0.15) is 5.10 Å². The normalized spacial score (nSPS) is 20.2. The third-order valence-electron chi connectivity index (χ3n) is 6.80. The van der Waals surface area contributed by atoms with Crippen LogP contribution in [0.3, 0.4) is 0 Å². The molecule has 10 nitrogen and oxygen atoms in total. The van der Waals surface area contributed by atoms with Crippen molar-refractivity contribution in [1.82, 2.24) is 20.0 Å². The predicted molar refractivity (Wildman–Crippen MR) is 128 cm³/mol. The van der Waals surface area contributed by atoms with E-state index in [9.17, 15) is 19.2 Å². The lowest BCUT2D eigenvalue weighted by atomic mass is 9.92. The van der Waals surface area contributed by atoms with Gasteiger partial charge in [0.05, 0.1) is 18.7 Å². The molecule has 0 saturated heterocycles. The molecule has 1 atom stereocenters. The van der Waals surface area contributed by atoms with Crippen molar-refractivity contribution in [2.24, 2.45) is 0 Å². The highest BCUT2D eigenvalue weighted by Gasteiger charge is 2.46. The molecule has 1 aromatic heterocycles. The summed E-state index contributed by atoms with van der Waals surface area (Å²) in [7, 11) is 1.60. The summed E-state index contributed by atoms with van der Waals surface area (Å²) >= 11 is 0. The van der Waals surface area contributed by atoms with Gasteiger partial charge in [-0.3, -0.25) is 19.1 Å². The zero-order valence-electron chi connectivity index (χ0n) is 20.3. The molecule has 0 unspecified atom stereocenters. The molecule has 0 bridgehead atoms. The van der Waals surface area contributed by atoms with E-state index in [1.54, 1.807) is 39.1 Å². The first kappa shape index (κ1) is 24.4. The van der Waals surface area contributed by atoms with Gasteiger partial charge in [0, 0.05) is 24.8 Å². The Hall–Kier alpha value is -3.69. The number of benzene rings is 1. The predicted octanol–water partition coefficient (Wildman–Crippen LogP) is 2.61. The second kappa shape index (κ2) is 9.89. The van der Waals surface area contributed by atoms with Crippen LogP contribution in [0.15, 0.2) is 30.3 Å². The van der Waals surface area contributed by atoms with Crippen molar-refractivity contribution in [2.75, 3.05) is 19.0 Å². The summed E-state index contributed by atoms with van der Waals surface area (Å²) in [6.07, 6.45) is 5.22. The largest absolute Gasteiger partial charge is 0.462 e. The Balaban J connectivity index is 1.50. The Morgan fingerprint density at radius 3 is 2.63 bits per heavy atom. The molecule has 1 aliphatic heterocycles. The first-order chi connectivity index (χ1) is 16.7. The molecule has 2 aromatic rings. The maximum atomic E-state index is 13.2. The van der Waals surface area contributed by atoms with E-state index in [1.807, 2.05) is 0 Å². The van der Waals surface area contributed by atoms with Gasteiger partial charge in [0.2, 0.25) is 5.91 Å². The molecular weight excluding hydrogens is 450 g/mol. The third kappa shape index (κ3) is 4.91. The zero-order chi connectivity index (χ0) is 25.2. The quantitative estimate of drug-likeness (QED) is 0.612. The minimum atomic E-state index is -1.13. The number of rotatable bonds is 6. The highest BCUT2D eigenvalue weighted by atomic mass is 16.5. The number of carbonyl (C=O) groups excluding carboxylic acids is 4. The topological polar surface area (TPSA) is 123 Å². The fourth-order valence-corrected chi connectivity index (χ4v) is 4.56. The SMILES string of the molecule is CCOC(=O)c1cccc(NC(=O)c2cc3n(n2)C[C@@](C)(C(=O)NC2CCCCC2)N(C)C3=O)c1. The van der Waals surface area contributed by atoms with Crippen molar-refractivity contribution < 1.29 is 23.9 Å². The summed E-state index contributed by atoms with van der Waals surface area (Å²) in [5.74, 6) is -1.62. The number of hydrogen-bond donors (Lipinski definition) is 2. The van der Waals surface area contributed by atoms with Gasteiger partial charge in [0.25, 0.3) is 11.8 Å². The minimum absolute atomic E-state index is 0.0419. The molecule has 186 valence electrons. The summed E-state index contributed by atoms with van der Waals surface area (Å²) in [4.78, 5) is 52.6. The molecule has 35 heavy (non-hydrogen) atoms. The van der Waals surface area contributed by atoms with Crippen LogP contribution in [0.2, 0.25) is 0 Å². The van der Waals surface area contributed by atoms with Gasteiger partial charge in [0.1, 0.15) is 11.2 Å². The fraction of sp³-hybridized carbons (Fsp3) is 0.480. The fourth-order valence-electron chi connectivity index (χ4n) is 4.56. The number of esters is 1. The van der Waals surface area contributed by atoms with Crippen LogP contribution in [0, 0.1) is 0 Å². The van der Waals surface area contributed by atoms with Crippen LogP contribution in [0.1, 0.15) is 77.3 Å². The van der Waals surface area contributed by atoms with Gasteiger partial charge >= 0.3 is 5.97 Å². The van der Waals surface area contributed by atoms with E-state index in [2.05, 4.69) is 15.7 Å². The van der Waals surface area contributed by atoms with Gasteiger partial charge in [0.15, 0.2) is 5.69 Å². The Bertz CT molecular complexity index is 1150. The van der Waals surface area contributed by atoms with Gasteiger partial charge in [-0.25, -0.2) is 4.79 Å². The minimum Gasteiger partial charge on any atom is -0.462 e. The first-order valence-corrected chi connectivity index (χ1v) is 12.0. The molecule has 1 aliphatic carbocycles. The van der Waals surface area contributed by atoms with Crippen LogP contribution in [-0.4, -0.2) is 63.6 Å². The number of fused-ring (bicyclic) bond motifs is 1. The summed E-state index contributed by atoms with van der Waals surface area (Å²) in [5, 5.41) is 10.1. The number of hydrogen-bond acceptors (Lipinski definition) is 6. The smallest absolute Gasteiger partial charge is 0.338 e. The number of ether oxygens (including phenoxy) is 1. The number of aromatic nitrogens is 2. The summed E-state index contributed by atoms with van der Waals surface area (Å²) in [6.45, 7) is 3.81. The Morgan fingerprint density at radius 2 is 1.91 bits per heavy atom. The molecule has 0 spiro atoms. The molecular formula is C25H31N5O5. The zero-order valence-corrected chi connectivity index (χ0v) is 20.3. The number of nitrogens with one attached hydrogen (secondary N) is 2. The molecule has 2 aliphatic rings. The van der Waals surface area contributed by atoms with Crippen molar-refractivity contribution >= 4 is 29.4 Å². The van der Waals surface area contributed by atoms with Crippen molar-refractivity contribution in [3.63, 3.8) is 0 Å². The lowest BCUT2D eigenvalue weighted by Crippen LogP contribution is -2.63. The second-order valence-corrected chi connectivity index (χ2v) is 9.27. The van der Waals surface area contributed by atoms with Crippen LogP contribution in [0.4, 0.5) is 5.69 Å². The van der Waals surface area contributed by atoms with Crippen LogP contribution in [0.5, 0.6) is 0 Å². The number of amides is 3. The lowest BCUT2D eigenvalue weighted by molar-refractivity contribution is -0.133. The highest BCUT2D eigenvalue weighted by molar-refractivity contribution is 6.06. The van der Waals surface area contributed by atoms with Crippen molar-refractivity contribution in [3.8, 4) is 0 Å². The maximum absolute atomic E-state index is 13.2. The maximum Gasteiger partial charge on any atom is 0.338 e. The van der Waals surface area contributed by atoms with E-state index in [4.69, 9.17) is 4.74 Å². The standard InChI is InChI=1S/C25H31N5O5/c1-4-35-23(33)16-9-8-12-18(13-16)26-21(31)19-14-20-22(32)29(3)25(2,15-30(20)28-19)24(34)27-17-10-6-5-7-11-17/h8-9,12-14,17H,4-7,10-11,15H2,1-3H3,(H,26,31)(H,27,34)/t25-/m0/s1. The second-order valence-electron chi connectivity index (χ2n) is 9.27. The van der Waals surface area contributed by atoms with Crippen LogP contribution >= 0.6 is 0 Å². The van der Waals surface area contributed by atoms with Crippen LogP contribution in [0.25, 0.3) is 0 Å². The van der Waals surface area contributed by atoms with E-state index in [1.165, 1.54) is 28.1 Å². The number of likely N-dealkylation sites (N-methyl/N-ethyl adjacent to an activating group) is 1. The third-order valence-corrected chi connectivity index (χ3v) is 6.80. The van der Waals surface area contributed by atoms with Gasteiger partial charge in [-0.05, 0) is 44.9 Å². The summed E-state index contributed by atoms with van der Waals surface area (Å²) in [6, 6.07) is 7.91. The van der Waals surface area contributed by atoms with E-state index < -0.39 is 17.4 Å². The van der Waals surface area contributed by atoms with Gasteiger partial charge in [-0.1, -0.05) is 25.3 Å². The summed E-state index contributed by atoms with van der Waals surface area (Å²) in [5.41, 5.74) is -0.145. The summed E-state index contributed by atoms with van der Waals surface area (Å²) < 4.78 is 6.42. The molecule has 2 heterocycles. The molecule has 4 rings (SSSR count). The Labute approximate surface area is 204 Å². The van der Waals surface area contributed by atoms with Crippen molar-refractivity contribution in [1.29, 1.82) is 0 Å². The van der Waals surface area contributed by atoms with E-state index in [0.717, 1.165) is 25.7 Å². The average molecular weight is 482 g/mol.